The number of aromatic nitrogens is 3. The summed E-state index contributed by atoms with van der Waals surface area (Å²) in [5.41, 5.74) is 2.19. The quantitative estimate of drug-likeness (QED) is 0.180. The summed E-state index contributed by atoms with van der Waals surface area (Å²) in [6, 6.07) is 15.6. The summed E-state index contributed by atoms with van der Waals surface area (Å²) in [5, 5.41) is 1.75. The van der Waals surface area contributed by atoms with Crippen molar-refractivity contribution >= 4 is 54.3 Å². The number of benzene rings is 8. The number of rotatable bonds is 4. The zero-order chi connectivity index (χ0) is 44.5. The van der Waals surface area contributed by atoms with E-state index in [1.807, 2.05) is 24.3 Å². The van der Waals surface area contributed by atoms with Gasteiger partial charge in [-0.1, -0.05) is 133 Å². The maximum absolute atomic E-state index is 9.63. The molecule has 228 valence electrons. The Balaban J connectivity index is 1.32. The fraction of sp³-hybridized carbons (Fsp3) is 0. The summed E-state index contributed by atoms with van der Waals surface area (Å²) >= 11 is 0. The molecule has 0 spiro atoms. The second-order valence-electron chi connectivity index (χ2n) is 11.4. The van der Waals surface area contributed by atoms with Crippen molar-refractivity contribution in [1.82, 2.24) is 15.0 Å². The summed E-state index contributed by atoms with van der Waals surface area (Å²) in [6.07, 6.45) is 0. The van der Waals surface area contributed by atoms with E-state index in [-0.39, 0.29) is 62.2 Å². The molecular formula is C45H27N3O. The average Bonchev–Trinajstić information content (AvgIpc) is 3.68. The van der Waals surface area contributed by atoms with E-state index in [4.69, 9.17) is 37.2 Å². The van der Waals surface area contributed by atoms with Gasteiger partial charge in [0.2, 0.25) is 0 Å². The first-order valence-electron chi connectivity index (χ1n) is 22.3. The minimum absolute atomic E-state index is 0.0205. The number of para-hydroxylation sites is 1. The molecule has 0 radical (unpaired) electrons. The SMILES string of the molecule is [2H]c1c([2H])c([2H])c(-c2ccc3ccc(-c4nc(-c5c([2H])c6c([2H])c([2H])c([2H])c([2H])c6c6c([2H])c([2H])c([2H])c([2H])c56)nc(-c5cccc6oc7ccccc7c56)n4)cc3c2)c([2H])c1[2H]. The summed E-state index contributed by atoms with van der Waals surface area (Å²) in [7, 11) is 0. The lowest BCUT2D eigenvalue weighted by Gasteiger charge is -2.13. The average molecular weight is 640 g/mol. The van der Waals surface area contributed by atoms with Gasteiger partial charge in [0.25, 0.3) is 0 Å². The Morgan fingerprint density at radius 3 is 1.98 bits per heavy atom. The molecule has 0 unspecified atom stereocenters. The van der Waals surface area contributed by atoms with Gasteiger partial charge < -0.3 is 4.42 Å². The van der Waals surface area contributed by atoms with Crippen molar-refractivity contribution in [2.75, 3.05) is 0 Å². The van der Waals surface area contributed by atoms with Crippen molar-refractivity contribution < 1.29 is 23.6 Å². The molecule has 0 N–H and O–H groups in total. The molecule has 2 aromatic heterocycles. The largest absolute Gasteiger partial charge is 0.456 e. The highest BCUT2D eigenvalue weighted by Crippen LogP contribution is 2.39. The molecular weight excluding hydrogens is 599 g/mol. The lowest BCUT2D eigenvalue weighted by atomic mass is 9.96. The zero-order valence-electron chi connectivity index (χ0n) is 39.3. The van der Waals surface area contributed by atoms with Crippen LogP contribution in [0.3, 0.4) is 0 Å². The van der Waals surface area contributed by atoms with Gasteiger partial charge in [-0.2, -0.15) is 0 Å². The van der Waals surface area contributed by atoms with E-state index in [9.17, 15) is 1.37 Å². The summed E-state index contributed by atoms with van der Waals surface area (Å²) < 4.78 is 128. The monoisotopic (exact) mass is 639 g/mol. The third-order valence-electron chi connectivity index (χ3n) is 8.51. The van der Waals surface area contributed by atoms with Gasteiger partial charge in [-0.3, -0.25) is 0 Å². The minimum Gasteiger partial charge on any atom is -0.456 e. The van der Waals surface area contributed by atoms with Crippen LogP contribution in [0.2, 0.25) is 0 Å². The van der Waals surface area contributed by atoms with E-state index in [0.717, 1.165) is 10.8 Å². The number of hydrogen-bond donors (Lipinski definition) is 0. The van der Waals surface area contributed by atoms with Gasteiger partial charge in [0, 0.05) is 27.5 Å². The minimum atomic E-state index is -0.639. The molecule has 49 heavy (non-hydrogen) atoms. The van der Waals surface area contributed by atoms with Gasteiger partial charge in [0.05, 0.1) is 19.2 Å². The predicted molar refractivity (Wildman–Crippen MR) is 201 cm³/mol. The third-order valence-corrected chi connectivity index (χ3v) is 8.51. The van der Waals surface area contributed by atoms with Crippen LogP contribution < -0.4 is 0 Å². The molecule has 0 saturated heterocycles. The van der Waals surface area contributed by atoms with E-state index in [0.29, 0.717) is 38.6 Å². The molecule has 10 rings (SSSR count). The summed E-state index contributed by atoms with van der Waals surface area (Å²) in [6.45, 7) is 0. The van der Waals surface area contributed by atoms with Crippen molar-refractivity contribution in [2.24, 2.45) is 0 Å². The Hall–Kier alpha value is -6.65. The maximum Gasteiger partial charge on any atom is 0.164 e. The first-order chi connectivity index (χ1) is 30.1. The predicted octanol–water partition coefficient (Wildman–Crippen LogP) is 11.9. The highest BCUT2D eigenvalue weighted by Gasteiger charge is 2.19. The topological polar surface area (TPSA) is 51.8 Å². The lowest BCUT2D eigenvalue weighted by molar-refractivity contribution is 0.669. The second kappa shape index (κ2) is 11.0. The fourth-order valence-corrected chi connectivity index (χ4v) is 6.27. The Kier molecular flexibility index (Phi) is 3.79. The third kappa shape index (κ3) is 4.57. The zero-order valence-corrected chi connectivity index (χ0v) is 25.3. The van der Waals surface area contributed by atoms with Crippen LogP contribution in [0.25, 0.3) is 99.5 Å². The molecule has 0 bridgehead atoms. The smallest absolute Gasteiger partial charge is 0.164 e. The molecule has 0 atom stereocenters. The molecule has 0 aliphatic heterocycles. The van der Waals surface area contributed by atoms with Crippen LogP contribution in [0.15, 0.2) is 168 Å². The Labute approximate surface area is 301 Å². The Morgan fingerprint density at radius 1 is 0.429 bits per heavy atom. The number of hydrogen-bond acceptors (Lipinski definition) is 4. The molecule has 0 aliphatic carbocycles. The highest BCUT2D eigenvalue weighted by atomic mass is 16.3. The van der Waals surface area contributed by atoms with E-state index >= 15 is 0 Å². The highest BCUT2D eigenvalue weighted by molar-refractivity contribution is 6.14. The van der Waals surface area contributed by atoms with Crippen LogP contribution in [-0.4, -0.2) is 15.0 Å². The van der Waals surface area contributed by atoms with Gasteiger partial charge >= 0.3 is 0 Å². The fourth-order valence-electron chi connectivity index (χ4n) is 6.27. The van der Waals surface area contributed by atoms with E-state index < -0.39 is 72.5 Å². The summed E-state index contributed by atoms with van der Waals surface area (Å²) in [4.78, 5) is 14.7. The van der Waals surface area contributed by atoms with Crippen molar-refractivity contribution in [1.29, 1.82) is 0 Å². The number of nitrogens with zero attached hydrogens (tertiary/aromatic N) is 3. The molecule has 0 fully saturated rings. The van der Waals surface area contributed by atoms with Crippen LogP contribution in [0.5, 0.6) is 0 Å². The van der Waals surface area contributed by atoms with E-state index in [2.05, 4.69) is 0 Å². The second-order valence-corrected chi connectivity index (χ2v) is 11.4. The normalized spacial score (nSPS) is 15.7. The van der Waals surface area contributed by atoms with Gasteiger partial charge in [-0.05, 0) is 73.8 Å². The summed E-state index contributed by atoms with van der Waals surface area (Å²) in [5.74, 6) is -0.0796. The van der Waals surface area contributed by atoms with Crippen LogP contribution in [0.4, 0.5) is 0 Å². The van der Waals surface area contributed by atoms with Crippen molar-refractivity contribution in [3.05, 3.63) is 163 Å². The molecule has 0 amide bonds. The molecule has 4 nitrogen and oxygen atoms in total. The molecule has 8 aromatic carbocycles. The number of fused-ring (bicyclic) bond motifs is 7. The van der Waals surface area contributed by atoms with Gasteiger partial charge in [-0.15, -0.1) is 0 Å². The van der Waals surface area contributed by atoms with Crippen molar-refractivity contribution in [2.45, 2.75) is 0 Å². The van der Waals surface area contributed by atoms with Crippen LogP contribution in [0, 0.1) is 0 Å². The van der Waals surface area contributed by atoms with Crippen molar-refractivity contribution in [3.8, 4) is 45.3 Å². The Bertz CT molecular complexity index is 3670. The van der Waals surface area contributed by atoms with Crippen molar-refractivity contribution in [3.63, 3.8) is 0 Å². The van der Waals surface area contributed by atoms with E-state index in [1.54, 1.807) is 54.6 Å². The van der Waals surface area contributed by atoms with Crippen LogP contribution in [0.1, 0.15) is 19.2 Å². The first kappa shape index (κ1) is 17.0. The molecule has 0 aliphatic rings. The van der Waals surface area contributed by atoms with Gasteiger partial charge in [0.1, 0.15) is 11.2 Å². The van der Waals surface area contributed by atoms with Gasteiger partial charge in [-0.25, -0.2) is 15.0 Å². The molecule has 4 heteroatoms. The molecule has 0 saturated carbocycles. The molecule has 10 aromatic rings. The van der Waals surface area contributed by atoms with Gasteiger partial charge in [0.15, 0.2) is 17.5 Å². The maximum atomic E-state index is 9.63. The molecule has 2 heterocycles. The number of furan rings is 1. The van der Waals surface area contributed by atoms with Crippen LogP contribution in [-0.2, 0) is 0 Å². The van der Waals surface area contributed by atoms with Crippen LogP contribution >= 0.6 is 0 Å². The first-order valence-corrected chi connectivity index (χ1v) is 15.3. The van der Waals surface area contributed by atoms with E-state index in [1.165, 1.54) is 0 Å². The lowest BCUT2D eigenvalue weighted by Crippen LogP contribution is -2.01. The standard InChI is InChI=1S/C45H27N3O/c1-2-11-28(12-3-1)30-23-21-29-22-24-32(26-33(29)25-30)43-46-44(38-18-10-20-41-42(38)37-17-8-9-19-40(37)49-41)48-45(47-43)39-27-31-13-4-5-14-34(31)35-15-6-7-16-36(35)39/h1-27H/i1D,2D,3D,4D,5D,6D,7D,11D,12D,13D,14D,15D,16D,27D. The Morgan fingerprint density at radius 2 is 1.10 bits per heavy atom.